The van der Waals surface area contributed by atoms with Crippen molar-refractivity contribution in [1.29, 1.82) is 0 Å². The summed E-state index contributed by atoms with van der Waals surface area (Å²) in [7, 11) is 0. The first kappa shape index (κ1) is 25.5. The summed E-state index contributed by atoms with van der Waals surface area (Å²) >= 11 is 0.714. The predicted octanol–water partition coefficient (Wildman–Crippen LogP) is 3.06. The Kier molecular flexibility index (Phi) is 7.84. The molecule has 2 aromatic heterocycles. The van der Waals surface area contributed by atoms with Crippen LogP contribution in [-0.2, 0) is 17.9 Å². The highest BCUT2D eigenvalue weighted by Crippen LogP contribution is 2.30. The van der Waals surface area contributed by atoms with Crippen molar-refractivity contribution < 1.29 is 18.8 Å². The summed E-state index contributed by atoms with van der Waals surface area (Å²) < 4.78 is 17.7. The summed E-state index contributed by atoms with van der Waals surface area (Å²) in [5.74, 6) is -2.50. The van der Waals surface area contributed by atoms with E-state index in [0.717, 1.165) is 5.56 Å². The maximum Gasteiger partial charge on any atom is 0.270 e. The lowest BCUT2D eigenvalue weighted by molar-refractivity contribution is -0.126. The van der Waals surface area contributed by atoms with Crippen molar-refractivity contribution >= 4 is 34.9 Å². The van der Waals surface area contributed by atoms with Gasteiger partial charge >= 0.3 is 0 Å². The third-order valence-corrected chi connectivity index (χ3v) is 6.40. The van der Waals surface area contributed by atoms with Gasteiger partial charge in [0.25, 0.3) is 11.8 Å². The number of nitrogen functional groups attached to an aromatic ring is 1. The molecule has 0 bridgehead atoms. The molecule has 11 heteroatoms. The van der Waals surface area contributed by atoms with Crippen molar-refractivity contribution in [3.63, 3.8) is 0 Å². The van der Waals surface area contributed by atoms with Crippen LogP contribution in [0.25, 0.3) is 0 Å². The molecule has 0 spiro atoms. The molecule has 2 aromatic carbocycles. The molecule has 9 nitrogen and oxygen atoms in total. The van der Waals surface area contributed by atoms with Gasteiger partial charge in [-0.3, -0.25) is 19.4 Å². The highest BCUT2D eigenvalue weighted by Gasteiger charge is 2.35. The van der Waals surface area contributed by atoms with Gasteiger partial charge in [0, 0.05) is 25.5 Å². The number of carbonyl (C=O) groups is 3. The minimum absolute atomic E-state index is 0.0310. The van der Waals surface area contributed by atoms with Crippen LogP contribution in [0.3, 0.4) is 0 Å². The lowest BCUT2D eigenvalue weighted by Gasteiger charge is -2.31. The third-order valence-electron chi connectivity index (χ3n) is 5.55. The Morgan fingerprint density at radius 2 is 1.70 bits per heavy atom. The number of pyridine rings is 1. The number of anilines is 1. The van der Waals surface area contributed by atoms with Gasteiger partial charge in [-0.2, -0.15) is 4.37 Å². The van der Waals surface area contributed by atoms with E-state index in [9.17, 15) is 18.8 Å². The first-order valence-corrected chi connectivity index (χ1v) is 11.9. The van der Waals surface area contributed by atoms with Gasteiger partial charge in [-0.05, 0) is 46.4 Å². The number of aromatic nitrogens is 2. The number of nitrogens with one attached hydrogen (secondary N) is 1. The Morgan fingerprint density at radius 1 is 1.00 bits per heavy atom. The van der Waals surface area contributed by atoms with Gasteiger partial charge in [0.1, 0.15) is 16.7 Å². The van der Waals surface area contributed by atoms with E-state index in [1.165, 1.54) is 29.2 Å². The Bertz CT molecular complexity index is 1400. The molecule has 37 heavy (non-hydrogen) atoms. The van der Waals surface area contributed by atoms with Gasteiger partial charge in [-0.1, -0.05) is 48.5 Å². The first-order chi connectivity index (χ1) is 17.8. The third kappa shape index (κ3) is 5.96. The van der Waals surface area contributed by atoms with Gasteiger partial charge in [-0.25, -0.2) is 4.39 Å². The van der Waals surface area contributed by atoms with Crippen molar-refractivity contribution in [2.45, 2.75) is 19.1 Å². The molecule has 0 aliphatic heterocycles. The lowest BCUT2D eigenvalue weighted by atomic mass is 10.0. The highest BCUT2D eigenvalue weighted by atomic mass is 32.1. The lowest BCUT2D eigenvalue weighted by Crippen LogP contribution is -2.43. The van der Waals surface area contributed by atoms with Crippen molar-refractivity contribution in [3.05, 3.63) is 112 Å². The Labute approximate surface area is 216 Å². The first-order valence-electron chi connectivity index (χ1n) is 11.2. The molecule has 4 aromatic rings. The molecule has 2 heterocycles. The number of nitrogens with two attached hydrogens (primary N) is 2. The van der Waals surface area contributed by atoms with E-state index in [-0.39, 0.29) is 29.3 Å². The van der Waals surface area contributed by atoms with E-state index in [2.05, 4.69) is 14.7 Å². The van der Waals surface area contributed by atoms with Gasteiger partial charge < -0.3 is 21.7 Å². The zero-order valence-electron chi connectivity index (χ0n) is 19.5. The maximum atomic E-state index is 13.9. The Balaban J connectivity index is 1.76. The molecule has 188 valence electrons. The van der Waals surface area contributed by atoms with Gasteiger partial charge in [0.2, 0.25) is 5.91 Å². The second kappa shape index (κ2) is 11.4. The fourth-order valence-electron chi connectivity index (χ4n) is 3.73. The highest BCUT2D eigenvalue weighted by molar-refractivity contribution is 7.09. The number of nitrogens with zero attached hydrogens (tertiary/aromatic N) is 3. The number of halogens is 1. The summed E-state index contributed by atoms with van der Waals surface area (Å²) in [6.07, 6.45) is 3.15. The minimum atomic E-state index is -1.17. The normalized spacial score (nSPS) is 11.5. The van der Waals surface area contributed by atoms with Crippen LogP contribution in [-0.4, -0.2) is 32.0 Å². The van der Waals surface area contributed by atoms with Crippen LogP contribution < -0.4 is 16.8 Å². The van der Waals surface area contributed by atoms with Crippen LogP contribution in [0, 0.1) is 5.82 Å². The number of hydrogen-bond acceptors (Lipinski definition) is 7. The molecule has 0 aliphatic carbocycles. The molecule has 1 atom stereocenters. The van der Waals surface area contributed by atoms with E-state index < -0.39 is 29.6 Å². The summed E-state index contributed by atoms with van der Waals surface area (Å²) in [5.41, 5.74) is 12.9. The van der Waals surface area contributed by atoms with Crippen molar-refractivity contribution in [2.75, 3.05) is 5.73 Å². The number of rotatable bonds is 9. The smallest absolute Gasteiger partial charge is 0.270 e. The molecule has 0 unspecified atom stereocenters. The van der Waals surface area contributed by atoms with Gasteiger partial charge in [0.15, 0.2) is 5.69 Å². The topological polar surface area (TPSA) is 144 Å². The van der Waals surface area contributed by atoms with Crippen LogP contribution >= 0.6 is 11.5 Å². The van der Waals surface area contributed by atoms with E-state index in [0.29, 0.717) is 22.7 Å². The fourth-order valence-corrected chi connectivity index (χ4v) is 4.49. The Morgan fingerprint density at radius 3 is 2.32 bits per heavy atom. The summed E-state index contributed by atoms with van der Waals surface area (Å²) in [5, 5.41) is 2.86. The zero-order chi connectivity index (χ0) is 26.4. The number of hydrogen-bond donors (Lipinski definition) is 3. The van der Waals surface area contributed by atoms with Gasteiger partial charge in [-0.15, -0.1) is 0 Å². The molecule has 0 saturated carbocycles. The molecule has 3 amide bonds. The predicted molar refractivity (Wildman–Crippen MR) is 137 cm³/mol. The maximum absolute atomic E-state index is 13.9. The average molecular weight is 519 g/mol. The number of primary amides is 1. The average Bonchev–Trinajstić information content (AvgIpc) is 3.30. The van der Waals surface area contributed by atoms with Crippen LogP contribution in [0.2, 0.25) is 0 Å². The number of carbonyl (C=O) groups excluding carboxylic acids is 3. The molecule has 0 radical (unpaired) electrons. The number of benzene rings is 2. The monoisotopic (exact) mass is 518 g/mol. The summed E-state index contributed by atoms with van der Waals surface area (Å²) in [6.45, 7) is 0.178. The molecule has 0 aliphatic rings. The fraction of sp³-hybridized carbons (Fsp3) is 0.115. The molecule has 5 N–H and O–H groups in total. The van der Waals surface area contributed by atoms with Gasteiger partial charge in [0.05, 0.1) is 5.69 Å². The van der Waals surface area contributed by atoms with Crippen molar-refractivity contribution in [2.24, 2.45) is 5.73 Å². The van der Waals surface area contributed by atoms with Crippen molar-refractivity contribution in [1.82, 2.24) is 19.6 Å². The van der Waals surface area contributed by atoms with E-state index >= 15 is 0 Å². The van der Waals surface area contributed by atoms with Crippen LogP contribution in [0.15, 0.2) is 79.1 Å². The molecular weight excluding hydrogens is 495 g/mol. The Hall–Kier alpha value is -4.64. The molecule has 0 fully saturated rings. The second-order valence-electron chi connectivity index (χ2n) is 8.09. The van der Waals surface area contributed by atoms with Crippen molar-refractivity contribution in [3.8, 4) is 0 Å². The number of amides is 3. The SMILES string of the molecule is NC(=O)c1nsc(C(=O)N(Cc2cccnc2)[C@H](C(=O)NCc2ccccc2)c2ccc(F)cc2)c1N. The molecule has 4 rings (SSSR count). The van der Waals surface area contributed by atoms with Crippen LogP contribution in [0.5, 0.6) is 0 Å². The second-order valence-corrected chi connectivity index (χ2v) is 8.86. The standard InChI is InChI=1S/C26H23FN6O3S/c27-19-10-8-18(9-11-19)22(25(35)31-14-16-5-2-1-3-6-16)33(15-17-7-4-12-30-13-17)26(36)23-20(28)21(24(29)34)32-37-23/h1-13,22H,14-15,28H2,(H2,29,34)(H,31,35)/t22-/m0/s1. The van der Waals surface area contributed by atoms with E-state index in [1.54, 1.807) is 24.5 Å². The quantitative estimate of drug-likeness (QED) is 0.311. The zero-order valence-corrected chi connectivity index (χ0v) is 20.3. The van der Waals surface area contributed by atoms with E-state index in [1.807, 2.05) is 30.3 Å². The summed E-state index contributed by atoms with van der Waals surface area (Å²) in [4.78, 5) is 44.5. The van der Waals surface area contributed by atoms with Crippen LogP contribution in [0.4, 0.5) is 10.1 Å². The molecule has 0 saturated heterocycles. The minimum Gasteiger partial charge on any atom is -0.395 e. The van der Waals surface area contributed by atoms with E-state index in [4.69, 9.17) is 11.5 Å². The summed E-state index contributed by atoms with van der Waals surface area (Å²) in [6, 6.07) is 16.9. The van der Waals surface area contributed by atoms with Crippen LogP contribution in [0.1, 0.15) is 42.9 Å². The molecular formula is C26H23FN6O3S. The largest absolute Gasteiger partial charge is 0.395 e.